The minimum atomic E-state index is -0.0346. The molecule has 1 saturated heterocycles. The second-order valence-corrected chi connectivity index (χ2v) is 6.30. The summed E-state index contributed by atoms with van der Waals surface area (Å²) in [5, 5.41) is 3.21. The van der Waals surface area contributed by atoms with Crippen LogP contribution in [0.25, 0.3) is 0 Å². The molecule has 1 aromatic carbocycles. The summed E-state index contributed by atoms with van der Waals surface area (Å²) in [4.78, 5) is 14.6. The zero-order valence-electron chi connectivity index (χ0n) is 11.6. The number of carbonyl (C=O) groups is 1. The molecule has 0 aliphatic carbocycles. The Morgan fingerprint density at radius 1 is 1.47 bits per heavy atom. The third kappa shape index (κ3) is 3.18. The first-order chi connectivity index (χ1) is 9.07. The van der Waals surface area contributed by atoms with Crippen LogP contribution in [0.15, 0.2) is 28.7 Å². The Kier molecular flexibility index (Phi) is 4.63. The minimum Gasteiger partial charge on any atom is -0.336 e. The number of benzene rings is 1. The maximum Gasteiger partial charge on any atom is 0.227 e. The molecule has 1 aliphatic heterocycles. The SMILES string of the molecule is CNCC1(C)CCCN1C(=O)Cc1ccccc1Br. The summed E-state index contributed by atoms with van der Waals surface area (Å²) < 4.78 is 1.01. The van der Waals surface area contributed by atoms with Crippen LogP contribution in [0.1, 0.15) is 25.3 Å². The molecule has 1 heterocycles. The van der Waals surface area contributed by atoms with Crippen molar-refractivity contribution in [3.8, 4) is 0 Å². The Labute approximate surface area is 123 Å². The summed E-state index contributed by atoms with van der Waals surface area (Å²) >= 11 is 3.51. The Hall–Kier alpha value is -0.870. The van der Waals surface area contributed by atoms with Crippen molar-refractivity contribution in [3.05, 3.63) is 34.3 Å². The molecule has 2 rings (SSSR count). The van der Waals surface area contributed by atoms with Gasteiger partial charge in [0, 0.05) is 17.6 Å². The first kappa shape index (κ1) is 14.5. The maximum absolute atomic E-state index is 12.5. The van der Waals surface area contributed by atoms with Gasteiger partial charge in [-0.3, -0.25) is 4.79 Å². The highest BCUT2D eigenvalue weighted by Crippen LogP contribution is 2.29. The molecule has 0 spiro atoms. The van der Waals surface area contributed by atoms with Gasteiger partial charge in [-0.2, -0.15) is 0 Å². The van der Waals surface area contributed by atoms with Gasteiger partial charge in [0.25, 0.3) is 0 Å². The third-order valence-electron chi connectivity index (χ3n) is 3.91. The van der Waals surface area contributed by atoms with Gasteiger partial charge in [-0.05, 0) is 38.4 Å². The molecule has 1 fully saturated rings. The smallest absolute Gasteiger partial charge is 0.227 e. The number of rotatable bonds is 4. The van der Waals surface area contributed by atoms with E-state index in [0.29, 0.717) is 6.42 Å². The summed E-state index contributed by atoms with van der Waals surface area (Å²) in [6, 6.07) is 7.94. The van der Waals surface area contributed by atoms with Crippen molar-refractivity contribution in [1.29, 1.82) is 0 Å². The molecule has 3 nitrogen and oxygen atoms in total. The molecule has 1 N–H and O–H groups in total. The lowest BCUT2D eigenvalue weighted by Crippen LogP contribution is -2.51. The second-order valence-electron chi connectivity index (χ2n) is 5.44. The van der Waals surface area contributed by atoms with Gasteiger partial charge in [-0.1, -0.05) is 34.1 Å². The van der Waals surface area contributed by atoms with Crippen LogP contribution in [0.3, 0.4) is 0 Å². The molecular formula is C15H21BrN2O. The van der Waals surface area contributed by atoms with Crippen molar-refractivity contribution in [3.63, 3.8) is 0 Å². The van der Waals surface area contributed by atoms with Crippen molar-refractivity contribution >= 4 is 21.8 Å². The molecule has 0 aromatic heterocycles. The molecule has 0 saturated carbocycles. The number of likely N-dealkylation sites (tertiary alicyclic amines) is 1. The van der Waals surface area contributed by atoms with Gasteiger partial charge in [0.15, 0.2) is 0 Å². The monoisotopic (exact) mass is 324 g/mol. The van der Waals surface area contributed by atoms with Crippen LogP contribution in [0.2, 0.25) is 0 Å². The highest BCUT2D eigenvalue weighted by atomic mass is 79.9. The van der Waals surface area contributed by atoms with Crippen molar-refractivity contribution in [2.75, 3.05) is 20.1 Å². The minimum absolute atomic E-state index is 0.0346. The van der Waals surface area contributed by atoms with E-state index in [4.69, 9.17) is 0 Å². The molecule has 0 radical (unpaired) electrons. The highest BCUT2D eigenvalue weighted by molar-refractivity contribution is 9.10. The number of nitrogens with zero attached hydrogens (tertiary/aromatic N) is 1. The number of hydrogen-bond donors (Lipinski definition) is 1. The average molecular weight is 325 g/mol. The van der Waals surface area contributed by atoms with Crippen molar-refractivity contribution in [2.45, 2.75) is 31.7 Å². The topological polar surface area (TPSA) is 32.3 Å². The predicted octanol–water partition coefficient (Wildman–Crippen LogP) is 2.59. The summed E-state index contributed by atoms with van der Waals surface area (Å²) in [7, 11) is 1.94. The van der Waals surface area contributed by atoms with E-state index < -0.39 is 0 Å². The number of halogens is 1. The fraction of sp³-hybridized carbons (Fsp3) is 0.533. The number of carbonyl (C=O) groups excluding carboxylic acids is 1. The van der Waals surface area contributed by atoms with E-state index in [2.05, 4.69) is 28.2 Å². The lowest BCUT2D eigenvalue weighted by molar-refractivity contribution is -0.134. The largest absolute Gasteiger partial charge is 0.336 e. The van der Waals surface area contributed by atoms with Crippen molar-refractivity contribution in [1.82, 2.24) is 10.2 Å². The van der Waals surface area contributed by atoms with E-state index in [0.717, 1.165) is 36.0 Å². The standard InChI is InChI=1S/C15H21BrN2O/c1-15(11-17-2)8-5-9-18(15)14(19)10-12-6-3-4-7-13(12)16/h3-4,6-7,17H,5,8-11H2,1-2H3. The molecule has 1 aliphatic rings. The molecule has 19 heavy (non-hydrogen) atoms. The zero-order chi connectivity index (χ0) is 13.9. The van der Waals surface area contributed by atoms with Crippen molar-refractivity contribution in [2.24, 2.45) is 0 Å². The van der Waals surface area contributed by atoms with E-state index in [-0.39, 0.29) is 11.4 Å². The summed E-state index contributed by atoms with van der Waals surface area (Å²) in [5.74, 6) is 0.224. The molecule has 1 amide bonds. The summed E-state index contributed by atoms with van der Waals surface area (Å²) in [6.07, 6.45) is 2.65. The molecular weight excluding hydrogens is 304 g/mol. The Bertz CT molecular complexity index is 463. The van der Waals surface area contributed by atoms with E-state index in [1.54, 1.807) is 0 Å². The predicted molar refractivity (Wildman–Crippen MR) is 81.1 cm³/mol. The van der Waals surface area contributed by atoms with Crippen LogP contribution in [-0.2, 0) is 11.2 Å². The van der Waals surface area contributed by atoms with Gasteiger partial charge in [0.2, 0.25) is 5.91 Å². The number of nitrogens with one attached hydrogen (secondary N) is 1. The fourth-order valence-electron chi connectivity index (χ4n) is 2.91. The Morgan fingerprint density at radius 3 is 2.89 bits per heavy atom. The highest BCUT2D eigenvalue weighted by Gasteiger charge is 2.38. The van der Waals surface area contributed by atoms with Gasteiger partial charge in [-0.15, -0.1) is 0 Å². The fourth-order valence-corrected chi connectivity index (χ4v) is 3.34. The Morgan fingerprint density at radius 2 is 2.21 bits per heavy atom. The number of hydrogen-bond acceptors (Lipinski definition) is 2. The molecule has 1 atom stereocenters. The van der Waals surface area contributed by atoms with Crippen LogP contribution in [0, 0.1) is 0 Å². The number of amides is 1. The average Bonchev–Trinajstić information content (AvgIpc) is 2.74. The van der Waals surface area contributed by atoms with Crippen LogP contribution in [-0.4, -0.2) is 36.5 Å². The van der Waals surface area contributed by atoms with Crippen LogP contribution in [0.5, 0.6) is 0 Å². The molecule has 104 valence electrons. The quantitative estimate of drug-likeness (QED) is 0.923. The van der Waals surface area contributed by atoms with E-state index in [1.807, 2.05) is 36.2 Å². The van der Waals surface area contributed by atoms with E-state index in [1.165, 1.54) is 0 Å². The van der Waals surface area contributed by atoms with E-state index in [9.17, 15) is 4.79 Å². The third-order valence-corrected chi connectivity index (χ3v) is 4.68. The Balaban J connectivity index is 2.10. The van der Waals surface area contributed by atoms with Crippen LogP contribution in [0.4, 0.5) is 0 Å². The molecule has 1 aromatic rings. The first-order valence-electron chi connectivity index (χ1n) is 6.75. The molecule has 4 heteroatoms. The normalized spacial score (nSPS) is 22.8. The lowest BCUT2D eigenvalue weighted by Gasteiger charge is -2.35. The van der Waals surface area contributed by atoms with Crippen molar-refractivity contribution < 1.29 is 4.79 Å². The van der Waals surface area contributed by atoms with Crippen LogP contribution >= 0.6 is 15.9 Å². The van der Waals surface area contributed by atoms with Gasteiger partial charge < -0.3 is 10.2 Å². The van der Waals surface area contributed by atoms with Gasteiger partial charge in [0.1, 0.15) is 0 Å². The summed E-state index contributed by atoms with van der Waals surface area (Å²) in [6.45, 7) is 3.91. The van der Waals surface area contributed by atoms with Gasteiger partial charge in [0.05, 0.1) is 12.0 Å². The first-order valence-corrected chi connectivity index (χ1v) is 7.54. The van der Waals surface area contributed by atoms with Gasteiger partial charge in [-0.25, -0.2) is 0 Å². The second kappa shape index (κ2) is 6.06. The van der Waals surface area contributed by atoms with Gasteiger partial charge >= 0.3 is 0 Å². The number of likely N-dealkylation sites (N-methyl/N-ethyl adjacent to an activating group) is 1. The van der Waals surface area contributed by atoms with Crippen LogP contribution < -0.4 is 5.32 Å². The maximum atomic E-state index is 12.5. The lowest BCUT2D eigenvalue weighted by atomic mass is 9.98. The molecule has 1 unspecified atom stereocenters. The van der Waals surface area contributed by atoms with E-state index >= 15 is 0 Å². The zero-order valence-corrected chi connectivity index (χ0v) is 13.2. The molecule has 0 bridgehead atoms. The summed E-state index contributed by atoms with van der Waals surface area (Å²) in [5.41, 5.74) is 1.03.